The Kier molecular flexibility index (Phi) is 4.95. The van der Waals surface area contributed by atoms with E-state index in [1.54, 1.807) is 13.8 Å². The molecule has 0 aliphatic rings. The van der Waals surface area contributed by atoms with Crippen molar-refractivity contribution in [2.24, 2.45) is 5.73 Å². The number of hydrogen-bond donors (Lipinski definition) is 3. The predicted molar refractivity (Wildman–Crippen MR) is 52.2 cm³/mol. The minimum atomic E-state index is -0.873. The van der Waals surface area contributed by atoms with Crippen LogP contribution in [0.3, 0.4) is 0 Å². The molecule has 1 atom stereocenters. The summed E-state index contributed by atoms with van der Waals surface area (Å²) in [5.74, 6) is -0.191. The predicted octanol–water partition coefficient (Wildman–Crippen LogP) is 0.000900. The van der Waals surface area contributed by atoms with Crippen LogP contribution >= 0.6 is 0 Å². The number of rotatable bonds is 5. The molecule has 4 heteroatoms. The molecule has 1 amide bonds. The smallest absolute Gasteiger partial charge is 0.237 e. The molecule has 0 aromatic rings. The molecule has 0 saturated heterocycles. The Morgan fingerprint density at radius 3 is 2.54 bits per heavy atom. The van der Waals surface area contributed by atoms with Crippen molar-refractivity contribution in [3.05, 3.63) is 0 Å². The van der Waals surface area contributed by atoms with E-state index in [2.05, 4.69) is 5.32 Å². The summed E-state index contributed by atoms with van der Waals surface area (Å²) in [6.45, 7) is 5.49. The Labute approximate surface area is 79.5 Å². The number of nitrogens with one attached hydrogen (secondary N) is 1. The molecule has 0 aliphatic carbocycles. The average Bonchev–Trinajstić information content (AvgIpc) is 1.99. The molecule has 4 nitrogen and oxygen atoms in total. The summed E-state index contributed by atoms with van der Waals surface area (Å²) in [5.41, 5.74) is 4.69. The molecular formula is C9H20N2O2. The molecule has 0 spiro atoms. The van der Waals surface area contributed by atoms with E-state index in [9.17, 15) is 9.90 Å². The zero-order chi connectivity index (χ0) is 10.5. The first-order valence-corrected chi connectivity index (χ1v) is 4.62. The molecule has 0 bridgehead atoms. The molecule has 0 fully saturated rings. The van der Waals surface area contributed by atoms with Crippen LogP contribution < -0.4 is 11.1 Å². The van der Waals surface area contributed by atoms with Crippen LogP contribution in [-0.4, -0.2) is 29.2 Å². The second-order valence-electron chi connectivity index (χ2n) is 3.93. The molecule has 0 rings (SSSR count). The normalized spacial score (nSPS) is 13.9. The van der Waals surface area contributed by atoms with Gasteiger partial charge in [0.1, 0.15) is 0 Å². The lowest BCUT2D eigenvalue weighted by Gasteiger charge is -2.19. The quantitative estimate of drug-likeness (QED) is 0.568. The van der Waals surface area contributed by atoms with Gasteiger partial charge in [0.2, 0.25) is 5.91 Å². The van der Waals surface area contributed by atoms with Crippen LogP contribution in [0.2, 0.25) is 0 Å². The standard InChI is InChI=1S/C9H20N2O2/c1-4-5-7(10)8(12)11-6-9(2,3)13/h7,13H,4-6,10H2,1-3H3,(H,11,12). The largest absolute Gasteiger partial charge is 0.389 e. The van der Waals surface area contributed by atoms with Gasteiger partial charge in [-0.05, 0) is 20.3 Å². The van der Waals surface area contributed by atoms with Crippen LogP contribution in [-0.2, 0) is 4.79 Å². The molecule has 13 heavy (non-hydrogen) atoms. The highest BCUT2D eigenvalue weighted by molar-refractivity contribution is 5.81. The lowest BCUT2D eigenvalue weighted by atomic mass is 10.1. The van der Waals surface area contributed by atoms with E-state index in [0.29, 0.717) is 6.42 Å². The van der Waals surface area contributed by atoms with Gasteiger partial charge in [0.15, 0.2) is 0 Å². The summed E-state index contributed by atoms with van der Waals surface area (Å²) in [5, 5.41) is 11.9. The number of carbonyl (C=O) groups excluding carboxylic acids is 1. The Balaban J connectivity index is 3.74. The summed E-state index contributed by atoms with van der Waals surface area (Å²) in [6, 6.07) is -0.452. The van der Waals surface area contributed by atoms with Crippen LogP contribution in [0.4, 0.5) is 0 Å². The summed E-state index contributed by atoms with van der Waals surface area (Å²) in [4.78, 5) is 11.2. The lowest BCUT2D eigenvalue weighted by Crippen LogP contribution is -2.45. The van der Waals surface area contributed by atoms with Gasteiger partial charge in [-0.25, -0.2) is 0 Å². The zero-order valence-corrected chi connectivity index (χ0v) is 8.63. The monoisotopic (exact) mass is 188 g/mol. The molecule has 4 N–H and O–H groups in total. The summed E-state index contributed by atoms with van der Waals surface area (Å²) < 4.78 is 0. The van der Waals surface area contributed by atoms with Crippen LogP contribution in [0.25, 0.3) is 0 Å². The van der Waals surface area contributed by atoms with Crippen molar-refractivity contribution in [3.8, 4) is 0 Å². The molecule has 0 aromatic carbocycles. The average molecular weight is 188 g/mol. The van der Waals surface area contributed by atoms with Crippen LogP contribution in [0.1, 0.15) is 33.6 Å². The van der Waals surface area contributed by atoms with Gasteiger partial charge in [0, 0.05) is 6.54 Å². The van der Waals surface area contributed by atoms with Gasteiger partial charge in [-0.15, -0.1) is 0 Å². The molecule has 0 saturated carbocycles. The van der Waals surface area contributed by atoms with Crippen molar-refractivity contribution in [3.63, 3.8) is 0 Å². The van der Waals surface area contributed by atoms with E-state index in [1.807, 2.05) is 6.92 Å². The highest BCUT2D eigenvalue weighted by Gasteiger charge is 2.17. The second-order valence-corrected chi connectivity index (χ2v) is 3.93. The third-order valence-corrected chi connectivity index (χ3v) is 1.63. The molecular weight excluding hydrogens is 168 g/mol. The van der Waals surface area contributed by atoms with E-state index >= 15 is 0 Å². The van der Waals surface area contributed by atoms with E-state index in [0.717, 1.165) is 6.42 Å². The van der Waals surface area contributed by atoms with Crippen molar-refractivity contribution in [2.75, 3.05) is 6.54 Å². The number of nitrogens with two attached hydrogens (primary N) is 1. The second kappa shape index (κ2) is 5.19. The Morgan fingerprint density at radius 2 is 2.15 bits per heavy atom. The summed E-state index contributed by atoms with van der Waals surface area (Å²) >= 11 is 0. The third kappa shape index (κ3) is 6.54. The SMILES string of the molecule is CCCC(N)C(=O)NCC(C)(C)O. The van der Waals surface area contributed by atoms with Crippen LogP contribution in [0.15, 0.2) is 0 Å². The van der Waals surface area contributed by atoms with E-state index < -0.39 is 11.6 Å². The Morgan fingerprint density at radius 1 is 1.62 bits per heavy atom. The first kappa shape index (κ1) is 12.4. The Bertz CT molecular complexity index is 163. The first-order chi connectivity index (χ1) is 5.87. The van der Waals surface area contributed by atoms with E-state index in [4.69, 9.17) is 5.73 Å². The number of hydrogen-bond acceptors (Lipinski definition) is 3. The van der Waals surface area contributed by atoms with Crippen LogP contribution in [0.5, 0.6) is 0 Å². The fourth-order valence-corrected chi connectivity index (χ4v) is 0.877. The molecule has 0 aliphatic heterocycles. The molecule has 0 radical (unpaired) electrons. The van der Waals surface area contributed by atoms with Gasteiger partial charge < -0.3 is 16.2 Å². The van der Waals surface area contributed by atoms with E-state index in [-0.39, 0.29) is 12.5 Å². The highest BCUT2D eigenvalue weighted by Crippen LogP contribution is 1.98. The van der Waals surface area contributed by atoms with Gasteiger partial charge >= 0.3 is 0 Å². The number of aliphatic hydroxyl groups is 1. The minimum Gasteiger partial charge on any atom is -0.389 e. The van der Waals surface area contributed by atoms with Crippen molar-refractivity contribution >= 4 is 5.91 Å². The van der Waals surface area contributed by atoms with Crippen molar-refractivity contribution in [2.45, 2.75) is 45.3 Å². The topological polar surface area (TPSA) is 75.4 Å². The molecule has 78 valence electrons. The lowest BCUT2D eigenvalue weighted by molar-refractivity contribution is -0.123. The van der Waals surface area contributed by atoms with Crippen molar-refractivity contribution in [1.29, 1.82) is 0 Å². The number of carbonyl (C=O) groups is 1. The van der Waals surface area contributed by atoms with Gasteiger partial charge in [-0.1, -0.05) is 13.3 Å². The zero-order valence-electron chi connectivity index (χ0n) is 8.63. The fourth-order valence-electron chi connectivity index (χ4n) is 0.877. The maximum Gasteiger partial charge on any atom is 0.237 e. The number of amides is 1. The minimum absolute atomic E-state index is 0.191. The highest BCUT2D eigenvalue weighted by atomic mass is 16.3. The molecule has 0 heterocycles. The van der Waals surface area contributed by atoms with Crippen LogP contribution in [0, 0.1) is 0 Å². The van der Waals surface area contributed by atoms with Gasteiger partial charge in [0.05, 0.1) is 11.6 Å². The van der Waals surface area contributed by atoms with E-state index in [1.165, 1.54) is 0 Å². The van der Waals surface area contributed by atoms with Crippen molar-refractivity contribution < 1.29 is 9.90 Å². The fraction of sp³-hybridized carbons (Fsp3) is 0.889. The first-order valence-electron chi connectivity index (χ1n) is 4.62. The molecule has 0 aromatic heterocycles. The summed E-state index contributed by atoms with van der Waals surface area (Å²) in [6.07, 6.45) is 1.56. The van der Waals surface area contributed by atoms with Crippen molar-refractivity contribution in [1.82, 2.24) is 5.32 Å². The van der Waals surface area contributed by atoms with Gasteiger partial charge in [0.25, 0.3) is 0 Å². The Hall–Kier alpha value is -0.610. The third-order valence-electron chi connectivity index (χ3n) is 1.63. The summed E-state index contributed by atoms with van der Waals surface area (Å²) in [7, 11) is 0. The molecule has 1 unspecified atom stereocenters. The maximum absolute atomic E-state index is 11.2. The van der Waals surface area contributed by atoms with Gasteiger partial charge in [-0.3, -0.25) is 4.79 Å². The van der Waals surface area contributed by atoms with Gasteiger partial charge in [-0.2, -0.15) is 0 Å². The maximum atomic E-state index is 11.2.